The van der Waals surface area contributed by atoms with Crippen molar-refractivity contribution in [3.05, 3.63) is 0 Å². The molecule has 1 nitrogen and oxygen atoms in total. The zero-order valence-electron chi connectivity index (χ0n) is 7.97. The Kier molecular flexibility index (Phi) is 3.04. The molecule has 0 aromatic heterocycles. The maximum absolute atomic E-state index is 4.70. The minimum Gasteiger partial charge on any atom is -0.238 e. The van der Waals surface area contributed by atoms with Gasteiger partial charge in [-0.1, -0.05) is 25.7 Å². The first-order chi connectivity index (χ1) is 5.97. The Balaban J connectivity index is 1.83. The Morgan fingerprint density at radius 3 is 2.08 bits per heavy atom. The molecule has 1 saturated carbocycles. The molecule has 0 aromatic rings. The number of hydrogen-bond donors (Lipinski definition) is 0. The Labute approximate surface area is 75.9 Å². The van der Waals surface area contributed by atoms with Gasteiger partial charge in [0.2, 0.25) is 0 Å². The smallest absolute Gasteiger partial charge is 0.0274 e. The molecule has 1 heterocycles. The summed E-state index contributed by atoms with van der Waals surface area (Å²) in [6.45, 7) is 1.15. The molecule has 1 saturated heterocycles. The van der Waals surface area contributed by atoms with E-state index in [1.165, 1.54) is 51.4 Å². The SMILES string of the molecule is C1CCCC(C2CCC[N]2)CC1. The van der Waals surface area contributed by atoms with E-state index in [1.54, 1.807) is 0 Å². The molecule has 0 bridgehead atoms. The molecule has 1 radical (unpaired) electrons. The Hall–Kier alpha value is -0.0400. The van der Waals surface area contributed by atoms with Gasteiger partial charge in [-0.05, 0) is 31.6 Å². The van der Waals surface area contributed by atoms with Gasteiger partial charge >= 0.3 is 0 Å². The van der Waals surface area contributed by atoms with E-state index >= 15 is 0 Å². The van der Waals surface area contributed by atoms with Crippen molar-refractivity contribution >= 4 is 0 Å². The van der Waals surface area contributed by atoms with E-state index in [0.29, 0.717) is 0 Å². The summed E-state index contributed by atoms with van der Waals surface area (Å²) in [5.41, 5.74) is 0. The fourth-order valence-electron chi connectivity index (χ4n) is 2.73. The normalized spacial score (nSPS) is 33.5. The lowest BCUT2D eigenvalue weighted by atomic mass is 9.91. The van der Waals surface area contributed by atoms with Crippen LogP contribution in [0.25, 0.3) is 0 Å². The minimum atomic E-state index is 0.767. The minimum absolute atomic E-state index is 0.767. The first-order valence-electron chi connectivity index (χ1n) is 5.63. The lowest BCUT2D eigenvalue weighted by Gasteiger charge is -2.20. The van der Waals surface area contributed by atoms with E-state index in [9.17, 15) is 0 Å². The molecular weight excluding hydrogens is 146 g/mol. The van der Waals surface area contributed by atoms with Gasteiger partial charge in [0.25, 0.3) is 0 Å². The predicted octanol–water partition coefficient (Wildman–Crippen LogP) is 2.72. The van der Waals surface area contributed by atoms with Crippen LogP contribution in [0.5, 0.6) is 0 Å². The van der Waals surface area contributed by atoms with E-state index in [-0.39, 0.29) is 0 Å². The van der Waals surface area contributed by atoms with E-state index in [2.05, 4.69) is 0 Å². The summed E-state index contributed by atoms with van der Waals surface area (Å²) in [6.07, 6.45) is 11.6. The molecule has 1 aliphatic heterocycles. The van der Waals surface area contributed by atoms with Crippen LogP contribution in [0, 0.1) is 5.92 Å². The van der Waals surface area contributed by atoms with E-state index in [0.717, 1.165) is 18.5 Å². The highest BCUT2D eigenvalue weighted by Gasteiger charge is 2.25. The highest BCUT2D eigenvalue weighted by Crippen LogP contribution is 2.29. The first kappa shape index (κ1) is 8.55. The van der Waals surface area contributed by atoms with Crippen molar-refractivity contribution in [1.82, 2.24) is 5.32 Å². The predicted molar refractivity (Wildman–Crippen MR) is 51.2 cm³/mol. The Morgan fingerprint density at radius 1 is 0.750 bits per heavy atom. The van der Waals surface area contributed by atoms with Crippen LogP contribution in [0.2, 0.25) is 0 Å². The molecule has 1 heteroatoms. The van der Waals surface area contributed by atoms with Gasteiger partial charge < -0.3 is 0 Å². The maximum atomic E-state index is 4.70. The van der Waals surface area contributed by atoms with Crippen LogP contribution in [-0.2, 0) is 0 Å². The molecule has 1 unspecified atom stereocenters. The van der Waals surface area contributed by atoms with Crippen LogP contribution in [0.3, 0.4) is 0 Å². The molecule has 1 aliphatic carbocycles. The zero-order chi connectivity index (χ0) is 8.23. The second kappa shape index (κ2) is 4.27. The maximum Gasteiger partial charge on any atom is 0.0274 e. The second-order valence-electron chi connectivity index (χ2n) is 4.37. The van der Waals surface area contributed by atoms with Gasteiger partial charge in [0.15, 0.2) is 0 Å². The van der Waals surface area contributed by atoms with Gasteiger partial charge in [0, 0.05) is 12.6 Å². The Bertz CT molecular complexity index is 119. The monoisotopic (exact) mass is 166 g/mol. The third-order valence-electron chi connectivity index (χ3n) is 3.47. The molecule has 2 fully saturated rings. The van der Waals surface area contributed by atoms with Crippen molar-refractivity contribution in [2.24, 2.45) is 5.92 Å². The molecule has 0 spiro atoms. The van der Waals surface area contributed by atoms with Gasteiger partial charge in [0.05, 0.1) is 0 Å². The second-order valence-corrected chi connectivity index (χ2v) is 4.37. The topological polar surface area (TPSA) is 14.1 Å². The van der Waals surface area contributed by atoms with Crippen LogP contribution in [-0.4, -0.2) is 12.6 Å². The van der Waals surface area contributed by atoms with Crippen LogP contribution in [0.15, 0.2) is 0 Å². The summed E-state index contributed by atoms with van der Waals surface area (Å²) in [5, 5.41) is 4.70. The summed E-state index contributed by atoms with van der Waals surface area (Å²) in [4.78, 5) is 0. The number of rotatable bonds is 1. The lowest BCUT2D eigenvalue weighted by molar-refractivity contribution is 0.345. The quantitative estimate of drug-likeness (QED) is 0.532. The third kappa shape index (κ3) is 2.01. The summed E-state index contributed by atoms with van der Waals surface area (Å²) in [7, 11) is 0. The Morgan fingerprint density at radius 2 is 1.50 bits per heavy atom. The average Bonchev–Trinajstić information content (AvgIpc) is 2.48. The zero-order valence-corrected chi connectivity index (χ0v) is 7.97. The van der Waals surface area contributed by atoms with Crippen molar-refractivity contribution in [3.8, 4) is 0 Å². The van der Waals surface area contributed by atoms with E-state index < -0.39 is 0 Å². The number of nitrogens with zero attached hydrogens (tertiary/aromatic N) is 1. The number of hydrogen-bond acceptors (Lipinski definition) is 0. The molecule has 2 aliphatic rings. The van der Waals surface area contributed by atoms with Crippen LogP contribution < -0.4 is 5.32 Å². The van der Waals surface area contributed by atoms with Crippen molar-refractivity contribution in [2.75, 3.05) is 6.54 Å². The van der Waals surface area contributed by atoms with Crippen molar-refractivity contribution < 1.29 is 0 Å². The molecular formula is C11H20N. The van der Waals surface area contributed by atoms with Gasteiger partial charge in [-0.25, -0.2) is 5.32 Å². The fraction of sp³-hybridized carbons (Fsp3) is 1.00. The molecule has 0 amide bonds. The lowest BCUT2D eigenvalue weighted by Crippen LogP contribution is -2.24. The fourth-order valence-corrected chi connectivity index (χ4v) is 2.73. The summed E-state index contributed by atoms with van der Waals surface area (Å²) in [6, 6.07) is 0.767. The summed E-state index contributed by atoms with van der Waals surface area (Å²) in [5.74, 6) is 0.968. The van der Waals surface area contributed by atoms with Crippen molar-refractivity contribution in [1.29, 1.82) is 0 Å². The van der Waals surface area contributed by atoms with Gasteiger partial charge in [0.1, 0.15) is 0 Å². The third-order valence-corrected chi connectivity index (χ3v) is 3.47. The standard InChI is InChI=1S/C11H20N/c1-2-4-7-10(6-3-1)11-8-5-9-12-11/h10-11H,1-9H2. The highest BCUT2D eigenvalue weighted by molar-refractivity contribution is 4.82. The van der Waals surface area contributed by atoms with Gasteiger partial charge in [-0.3, -0.25) is 0 Å². The summed E-state index contributed by atoms with van der Waals surface area (Å²) < 4.78 is 0. The molecule has 0 N–H and O–H groups in total. The summed E-state index contributed by atoms with van der Waals surface area (Å²) >= 11 is 0. The van der Waals surface area contributed by atoms with Crippen LogP contribution in [0.1, 0.15) is 51.4 Å². The largest absolute Gasteiger partial charge is 0.238 e. The van der Waals surface area contributed by atoms with E-state index in [4.69, 9.17) is 5.32 Å². The molecule has 0 aromatic carbocycles. The average molecular weight is 166 g/mol. The van der Waals surface area contributed by atoms with Gasteiger partial charge in [-0.15, -0.1) is 0 Å². The van der Waals surface area contributed by atoms with E-state index in [1.807, 2.05) is 0 Å². The van der Waals surface area contributed by atoms with Crippen LogP contribution in [0.4, 0.5) is 0 Å². The molecule has 1 atom stereocenters. The van der Waals surface area contributed by atoms with Crippen molar-refractivity contribution in [3.63, 3.8) is 0 Å². The molecule has 2 rings (SSSR count). The van der Waals surface area contributed by atoms with Crippen LogP contribution >= 0.6 is 0 Å². The van der Waals surface area contributed by atoms with Gasteiger partial charge in [-0.2, -0.15) is 0 Å². The van der Waals surface area contributed by atoms with Crippen molar-refractivity contribution in [2.45, 2.75) is 57.4 Å². The molecule has 69 valence electrons. The first-order valence-corrected chi connectivity index (χ1v) is 5.63. The molecule has 12 heavy (non-hydrogen) atoms. The highest BCUT2D eigenvalue weighted by atomic mass is 14.9.